The molecule has 0 aliphatic carbocycles. The van der Waals surface area contributed by atoms with E-state index >= 15 is 0 Å². The quantitative estimate of drug-likeness (QED) is 0.337. The number of aryl methyl sites for hydroxylation is 1. The van der Waals surface area contributed by atoms with Crippen LogP contribution in [0.4, 0.5) is 20.3 Å². The molecular weight excluding hydrogens is 496 g/mol. The SMILES string of the molecule is Cc1cc(Br)cnc1Nc1c(C(=O)NOCC(O)CO)cc(Br)c(F)c1F. The van der Waals surface area contributed by atoms with Gasteiger partial charge in [-0.15, -0.1) is 0 Å². The summed E-state index contributed by atoms with van der Waals surface area (Å²) >= 11 is 6.10. The Morgan fingerprint density at radius 2 is 2.04 bits per heavy atom. The van der Waals surface area contributed by atoms with Crippen LogP contribution in [0.3, 0.4) is 0 Å². The first-order valence-corrected chi connectivity index (χ1v) is 9.10. The molecule has 1 amide bonds. The Balaban J connectivity index is 2.34. The van der Waals surface area contributed by atoms with E-state index in [4.69, 9.17) is 9.94 Å². The number of nitrogens with one attached hydrogen (secondary N) is 2. The van der Waals surface area contributed by atoms with Crippen LogP contribution in [0, 0.1) is 18.6 Å². The molecule has 0 aliphatic heterocycles. The van der Waals surface area contributed by atoms with Gasteiger partial charge in [-0.1, -0.05) is 0 Å². The first-order chi connectivity index (χ1) is 12.7. The highest BCUT2D eigenvalue weighted by Gasteiger charge is 2.23. The van der Waals surface area contributed by atoms with Gasteiger partial charge in [0.25, 0.3) is 5.91 Å². The average molecular weight is 511 g/mol. The van der Waals surface area contributed by atoms with Crippen LogP contribution < -0.4 is 10.8 Å². The monoisotopic (exact) mass is 509 g/mol. The molecule has 0 saturated carbocycles. The van der Waals surface area contributed by atoms with Crippen LogP contribution >= 0.6 is 31.9 Å². The van der Waals surface area contributed by atoms with Gasteiger partial charge in [0, 0.05) is 10.7 Å². The van der Waals surface area contributed by atoms with Crippen molar-refractivity contribution in [2.45, 2.75) is 13.0 Å². The van der Waals surface area contributed by atoms with Crippen molar-refractivity contribution >= 4 is 49.3 Å². The number of pyridine rings is 1. The number of aliphatic hydroxyl groups excluding tert-OH is 2. The van der Waals surface area contributed by atoms with Gasteiger partial charge in [0.1, 0.15) is 18.5 Å². The molecule has 2 rings (SSSR count). The Morgan fingerprint density at radius 1 is 1.33 bits per heavy atom. The summed E-state index contributed by atoms with van der Waals surface area (Å²) in [5.74, 6) is -3.13. The number of nitrogens with zero attached hydrogens (tertiary/aromatic N) is 1. The Hall–Kier alpha value is -1.66. The average Bonchev–Trinajstić information content (AvgIpc) is 2.63. The zero-order chi connectivity index (χ0) is 20.1. The van der Waals surface area contributed by atoms with Crippen molar-refractivity contribution in [3.8, 4) is 0 Å². The molecule has 0 fully saturated rings. The molecule has 0 bridgehead atoms. The molecule has 0 saturated heterocycles. The molecular formula is C16H15Br2F2N3O4. The van der Waals surface area contributed by atoms with E-state index in [1.165, 1.54) is 6.20 Å². The van der Waals surface area contributed by atoms with E-state index in [2.05, 4.69) is 42.2 Å². The minimum atomic E-state index is -1.28. The lowest BCUT2D eigenvalue weighted by atomic mass is 10.1. The van der Waals surface area contributed by atoms with E-state index in [1.807, 2.05) is 5.48 Å². The van der Waals surface area contributed by atoms with Crippen molar-refractivity contribution < 1.29 is 28.6 Å². The number of aromatic nitrogens is 1. The van der Waals surface area contributed by atoms with Crippen molar-refractivity contribution in [1.29, 1.82) is 0 Å². The lowest BCUT2D eigenvalue weighted by Gasteiger charge is -2.16. The highest BCUT2D eigenvalue weighted by atomic mass is 79.9. The van der Waals surface area contributed by atoms with E-state index in [9.17, 15) is 18.7 Å². The number of carbonyl (C=O) groups excluding carboxylic acids is 1. The third kappa shape index (κ3) is 5.42. The maximum Gasteiger partial charge on any atom is 0.277 e. The lowest BCUT2D eigenvalue weighted by molar-refractivity contribution is -0.0295. The summed E-state index contributed by atoms with van der Waals surface area (Å²) in [6, 6.07) is 2.79. The number of hydrogen-bond donors (Lipinski definition) is 4. The summed E-state index contributed by atoms with van der Waals surface area (Å²) in [4.78, 5) is 21.2. The molecule has 0 radical (unpaired) electrons. The molecule has 7 nitrogen and oxygen atoms in total. The van der Waals surface area contributed by atoms with E-state index in [-0.39, 0.29) is 22.5 Å². The molecule has 1 unspecified atom stereocenters. The summed E-state index contributed by atoms with van der Waals surface area (Å²) in [5, 5.41) is 20.5. The smallest absolute Gasteiger partial charge is 0.277 e. The zero-order valence-electron chi connectivity index (χ0n) is 13.9. The van der Waals surface area contributed by atoms with Crippen molar-refractivity contribution in [3.63, 3.8) is 0 Å². The Morgan fingerprint density at radius 3 is 2.67 bits per heavy atom. The number of amides is 1. The van der Waals surface area contributed by atoms with Crippen LogP contribution in [0.1, 0.15) is 15.9 Å². The summed E-state index contributed by atoms with van der Waals surface area (Å²) in [6.07, 6.45) is 0.260. The van der Waals surface area contributed by atoms with Crippen LogP contribution in [-0.2, 0) is 4.84 Å². The lowest BCUT2D eigenvalue weighted by Crippen LogP contribution is -2.30. The van der Waals surface area contributed by atoms with Crippen LogP contribution in [0.5, 0.6) is 0 Å². The van der Waals surface area contributed by atoms with E-state index in [0.717, 1.165) is 6.07 Å². The Kier molecular flexibility index (Phi) is 7.62. The molecule has 4 N–H and O–H groups in total. The minimum Gasteiger partial charge on any atom is -0.394 e. The van der Waals surface area contributed by atoms with Gasteiger partial charge >= 0.3 is 0 Å². The van der Waals surface area contributed by atoms with Gasteiger partial charge in [0.15, 0.2) is 11.6 Å². The zero-order valence-corrected chi connectivity index (χ0v) is 17.1. The number of anilines is 2. The summed E-state index contributed by atoms with van der Waals surface area (Å²) in [6.45, 7) is 0.753. The predicted octanol–water partition coefficient (Wildman–Crippen LogP) is 2.95. The van der Waals surface area contributed by atoms with E-state index in [0.29, 0.717) is 10.0 Å². The third-order valence-electron chi connectivity index (χ3n) is 3.35. The van der Waals surface area contributed by atoms with Crippen molar-refractivity contribution in [3.05, 3.63) is 50.0 Å². The largest absolute Gasteiger partial charge is 0.394 e. The van der Waals surface area contributed by atoms with Gasteiger partial charge in [-0.3, -0.25) is 9.63 Å². The number of carbonyl (C=O) groups is 1. The van der Waals surface area contributed by atoms with Crippen LogP contribution in [-0.4, -0.2) is 40.4 Å². The van der Waals surface area contributed by atoms with Gasteiger partial charge in [-0.25, -0.2) is 19.2 Å². The van der Waals surface area contributed by atoms with Gasteiger partial charge in [0.2, 0.25) is 0 Å². The van der Waals surface area contributed by atoms with Gasteiger partial charge in [0.05, 0.1) is 22.3 Å². The maximum absolute atomic E-state index is 14.5. The normalized spacial score (nSPS) is 12.0. The predicted molar refractivity (Wildman–Crippen MR) is 101 cm³/mol. The van der Waals surface area contributed by atoms with Gasteiger partial charge in [-0.2, -0.15) is 0 Å². The van der Waals surface area contributed by atoms with Crippen LogP contribution in [0.25, 0.3) is 0 Å². The Labute approximate surface area is 170 Å². The van der Waals surface area contributed by atoms with Gasteiger partial charge in [-0.05, 0) is 56.5 Å². The fourth-order valence-corrected chi connectivity index (χ4v) is 2.85. The van der Waals surface area contributed by atoms with Crippen molar-refractivity contribution in [2.75, 3.05) is 18.5 Å². The first kappa shape index (κ1) is 21.6. The van der Waals surface area contributed by atoms with E-state index in [1.54, 1.807) is 13.0 Å². The highest BCUT2D eigenvalue weighted by Crippen LogP contribution is 2.32. The first-order valence-electron chi connectivity index (χ1n) is 7.52. The summed E-state index contributed by atoms with van der Waals surface area (Å²) in [7, 11) is 0. The Bertz CT molecular complexity index is 855. The molecule has 1 aromatic heterocycles. The fraction of sp³-hybridized carbons (Fsp3) is 0.250. The number of aliphatic hydroxyl groups is 2. The fourth-order valence-electron chi connectivity index (χ4n) is 2.00. The number of hydroxylamine groups is 1. The molecule has 2 aromatic rings. The highest BCUT2D eigenvalue weighted by molar-refractivity contribution is 9.10. The summed E-state index contributed by atoms with van der Waals surface area (Å²) in [5.41, 5.74) is 1.93. The van der Waals surface area contributed by atoms with Crippen molar-refractivity contribution in [1.82, 2.24) is 10.5 Å². The second-order valence-electron chi connectivity index (χ2n) is 5.43. The molecule has 146 valence electrons. The van der Waals surface area contributed by atoms with Crippen molar-refractivity contribution in [2.24, 2.45) is 0 Å². The molecule has 11 heteroatoms. The maximum atomic E-state index is 14.5. The van der Waals surface area contributed by atoms with Crippen LogP contribution in [0.15, 0.2) is 27.3 Å². The molecule has 1 aromatic carbocycles. The van der Waals surface area contributed by atoms with Gasteiger partial charge < -0.3 is 15.5 Å². The topological polar surface area (TPSA) is 104 Å². The molecule has 1 heterocycles. The van der Waals surface area contributed by atoms with E-state index < -0.39 is 35.9 Å². The molecule has 1 atom stereocenters. The number of rotatable bonds is 7. The number of benzene rings is 1. The summed E-state index contributed by atoms with van der Waals surface area (Å²) < 4.78 is 28.9. The molecule has 0 aliphatic rings. The second-order valence-corrected chi connectivity index (χ2v) is 7.20. The standard InChI is InChI=1S/C16H15Br2F2N3O4/c1-7-2-8(17)4-21-15(7)22-14-10(3-11(18)12(19)13(14)20)16(26)23-27-6-9(25)5-24/h2-4,9,24-25H,5-6H2,1H3,(H,21,22)(H,23,26). The number of hydrogen-bond acceptors (Lipinski definition) is 6. The minimum absolute atomic E-state index is 0.226. The molecule has 0 spiro atoms. The number of halogens is 4. The third-order valence-corrected chi connectivity index (χ3v) is 4.36. The van der Waals surface area contributed by atoms with Crippen LogP contribution in [0.2, 0.25) is 0 Å². The molecule has 27 heavy (non-hydrogen) atoms. The second kappa shape index (κ2) is 9.51.